The molecular weight excluding hydrogens is 450 g/mol. The molecule has 2 N–H and O–H groups in total. The Morgan fingerprint density at radius 3 is 2.62 bits per heavy atom. The summed E-state index contributed by atoms with van der Waals surface area (Å²) in [5, 5.41) is 10.5. The molecule has 1 aliphatic heterocycles. The maximum absolute atomic E-state index is 14.3. The summed E-state index contributed by atoms with van der Waals surface area (Å²) >= 11 is 1.41. The van der Waals surface area contributed by atoms with E-state index in [0.29, 0.717) is 17.1 Å². The predicted molar refractivity (Wildman–Crippen MR) is 115 cm³/mol. The van der Waals surface area contributed by atoms with Crippen molar-refractivity contribution in [2.24, 2.45) is 5.41 Å². The number of rotatable bonds is 6. The van der Waals surface area contributed by atoms with Crippen LogP contribution in [-0.2, 0) is 4.79 Å². The Labute approximate surface area is 188 Å². The van der Waals surface area contributed by atoms with Crippen LogP contribution in [0.4, 0.5) is 28.9 Å². The number of ether oxygens (including phenoxy) is 1. The van der Waals surface area contributed by atoms with Crippen molar-refractivity contribution in [1.82, 2.24) is 4.98 Å². The number of hydrogen-bond donors (Lipinski definition) is 2. The molecule has 1 atom stereocenters. The zero-order valence-electron chi connectivity index (χ0n) is 18.0. The van der Waals surface area contributed by atoms with Gasteiger partial charge >= 0.3 is 6.61 Å². The van der Waals surface area contributed by atoms with Crippen LogP contribution in [0.1, 0.15) is 20.3 Å². The van der Waals surface area contributed by atoms with E-state index in [-0.39, 0.29) is 12.2 Å². The number of nitrogens with one attached hydrogen (secondary N) is 1. The predicted octanol–water partition coefficient (Wildman–Crippen LogP) is 4.54. The summed E-state index contributed by atoms with van der Waals surface area (Å²) in [5.74, 6) is -4.14. The SMILES string of the molecule is CO.CSc1cc(NC(=O)C2N(c3ccc(F)c(F)c3OC(F)F)CCC2(C)C)ccn1. The van der Waals surface area contributed by atoms with Crippen LogP contribution >= 0.6 is 11.8 Å². The van der Waals surface area contributed by atoms with Gasteiger partial charge in [-0.1, -0.05) is 13.8 Å². The van der Waals surface area contributed by atoms with Crippen LogP contribution in [0, 0.1) is 17.0 Å². The Bertz CT molecular complexity index is 947. The quantitative estimate of drug-likeness (QED) is 0.472. The van der Waals surface area contributed by atoms with E-state index in [1.165, 1.54) is 16.7 Å². The molecule has 6 nitrogen and oxygen atoms in total. The lowest BCUT2D eigenvalue weighted by Crippen LogP contribution is -2.46. The normalized spacial score (nSPS) is 17.1. The molecule has 176 valence electrons. The van der Waals surface area contributed by atoms with Crippen molar-refractivity contribution >= 4 is 29.0 Å². The highest BCUT2D eigenvalue weighted by molar-refractivity contribution is 7.98. The first-order valence-corrected chi connectivity index (χ1v) is 10.8. The fourth-order valence-corrected chi connectivity index (χ4v) is 4.02. The Balaban J connectivity index is 0.00000176. The maximum Gasteiger partial charge on any atom is 0.387 e. The Kier molecular flexibility index (Phi) is 8.73. The molecule has 3 rings (SSSR count). The lowest BCUT2D eigenvalue weighted by atomic mass is 9.84. The van der Waals surface area contributed by atoms with Crippen molar-refractivity contribution in [2.45, 2.75) is 37.9 Å². The number of anilines is 2. The zero-order chi connectivity index (χ0) is 24.1. The van der Waals surface area contributed by atoms with Crippen LogP contribution < -0.4 is 15.0 Å². The smallest absolute Gasteiger partial charge is 0.387 e. The van der Waals surface area contributed by atoms with E-state index in [1.807, 2.05) is 20.1 Å². The van der Waals surface area contributed by atoms with Gasteiger partial charge in [-0.15, -0.1) is 11.8 Å². The number of aromatic nitrogens is 1. The molecule has 2 heterocycles. The molecule has 32 heavy (non-hydrogen) atoms. The van der Waals surface area contributed by atoms with Crippen molar-refractivity contribution in [3.63, 3.8) is 0 Å². The summed E-state index contributed by atoms with van der Waals surface area (Å²) in [5.41, 5.74) is -0.136. The third-order valence-corrected chi connectivity index (χ3v) is 5.70. The molecule has 1 aliphatic rings. The van der Waals surface area contributed by atoms with Gasteiger partial charge < -0.3 is 20.1 Å². The summed E-state index contributed by atoms with van der Waals surface area (Å²) in [7, 11) is 1.00. The third kappa shape index (κ3) is 5.63. The second-order valence-electron chi connectivity index (χ2n) is 7.50. The first kappa shape index (κ1) is 25.7. The van der Waals surface area contributed by atoms with E-state index in [2.05, 4.69) is 15.0 Å². The summed E-state index contributed by atoms with van der Waals surface area (Å²) in [6, 6.07) is 4.49. The van der Waals surface area contributed by atoms with Gasteiger partial charge in [0.25, 0.3) is 0 Å². The molecule has 11 heteroatoms. The molecule has 1 unspecified atom stereocenters. The fourth-order valence-electron chi connectivity index (χ4n) is 3.61. The molecule has 0 spiro atoms. The number of thioether (sulfide) groups is 1. The molecule has 1 aromatic carbocycles. The summed E-state index contributed by atoms with van der Waals surface area (Å²) < 4.78 is 57.9. The van der Waals surface area contributed by atoms with Gasteiger partial charge in [-0.05, 0) is 42.4 Å². The molecule has 1 amide bonds. The van der Waals surface area contributed by atoms with Gasteiger partial charge in [0.15, 0.2) is 11.6 Å². The minimum atomic E-state index is -3.34. The Hall–Kier alpha value is -2.53. The van der Waals surface area contributed by atoms with E-state index >= 15 is 0 Å². The number of pyridine rings is 1. The van der Waals surface area contributed by atoms with Gasteiger partial charge in [-0.25, -0.2) is 9.37 Å². The molecule has 2 aromatic rings. The highest BCUT2D eigenvalue weighted by atomic mass is 32.2. The van der Waals surface area contributed by atoms with Crippen molar-refractivity contribution in [1.29, 1.82) is 0 Å². The van der Waals surface area contributed by atoms with E-state index in [4.69, 9.17) is 5.11 Å². The Morgan fingerprint density at radius 2 is 2.00 bits per heavy atom. The summed E-state index contributed by atoms with van der Waals surface area (Å²) in [4.78, 5) is 18.8. The standard InChI is InChI=1S/C20H21F4N3O2S.CH4O/c1-20(2)7-9-27(13-5-4-12(21)15(22)16(13)29-19(23)24)17(20)18(28)26-11-6-8-25-14(10-11)30-3;1-2/h4-6,8,10,17,19H,7,9H2,1-3H3,(H,25,26,28);2H,1H3. The van der Waals surface area contributed by atoms with Crippen molar-refractivity contribution < 1.29 is 32.2 Å². The molecule has 0 saturated carbocycles. The van der Waals surface area contributed by atoms with Crippen molar-refractivity contribution in [3.05, 3.63) is 42.1 Å². The van der Waals surface area contributed by atoms with Gasteiger partial charge in [0.1, 0.15) is 6.04 Å². The summed E-state index contributed by atoms with van der Waals surface area (Å²) in [6.07, 6.45) is 3.94. The molecule has 1 aromatic heterocycles. The van der Waals surface area contributed by atoms with Crippen molar-refractivity contribution in [2.75, 3.05) is 30.1 Å². The molecule has 1 fully saturated rings. The van der Waals surface area contributed by atoms with Crippen LogP contribution in [0.2, 0.25) is 0 Å². The second-order valence-corrected chi connectivity index (χ2v) is 8.33. The van der Waals surface area contributed by atoms with E-state index in [0.717, 1.165) is 19.2 Å². The number of aliphatic hydroxyl groups is 1. The largest absolute Gasteiger partial charge is 0.429 e. The number of benzene rings is 1. The van der Waals surface area contributed by atoms with Crippen LogP contribution in [0.15, 0.2) is 35.5 Å². The number of aliphatic hydroxyl groups excluding tert-OH is 1. The monoisotopic (exact) mass is 475 g/mol. The van der Waals surface area contributed by atoms with Gasteiger partial charge in [0.05, 0.1) is 10.7 Å². The average Bonchev–Trinajstić information content (AvgIpc) is 3.07. The van der Waals surface area contributed by atoms with Crippen LogP contribution in [-0.4, -0.2) is 48.6 Å². The highest BCUT2D eigenvalue weighted by Gasteiger charge is 2.46. The number of alkyl halides is 2. The number of hydrogen-bond acceptors (Lipinski definition) is 6. The van der Waals surface area contributed by atoms with Gasteiger partial charge in [-0.2, -0.15) is 13.2 Å². The minimum Gasteiger partial charge on any atom is -0.429 e. The first-order chi connectivity index (χ1) is 15.1. The van der Waals surface area contributed by atoms with Crippen LogP contribution in [0.3, 0.4) is 0 Å². The van der Waals surface area contributed by atoms with Gasteiger partial charge in [-0.3, -0.25) is 4.79 Å². The van der Waals surface area contributed by atoms with Crippen molar-refractivity contribution in [3.8, 4) is 5.75 Å². The summed E-state index contributed by atoms with van der Waals surface area (Å²) in [6.45, 7) is 0.641. The zero-order valence-corrected chi connectivity index (χ0v) is 18.9. The topological polar surface area (TPSA) is 74.7 Å². The molecule has 0 aliphatic carbocycles. The number of halogens is 4. The van der Waals surface area contributed by atoms with E-state index in [9.17, 15) is 22.4 Å². The van der Waals surface area contributed by atoms with Crippen LogP contribution in [0.5, 0.6) is 5.75 Å². The van der Waals surface area contributed by atoms with Crippen LogP contribution in [0.25, 0.3) is 0 Å². The first-order valence-electron chi connectivity index (χ1n) is 9.59. The molecule has 1 saturated heterocycles. The number of amides is 1. The van der Waals surface area contributed by atoms with E-state index < -0.39 is 41.4 Å². The maximum atomic E-state index is 14.3. The number of carbonyl (C=O) groups is 1. The minimum absolute atomic E-state index is 0.0977. The Morgan fingerprint density at radius 1 is 1.31 bits per heavy atom. The lowest BCUT2D eigenvalue weighted by Gasteiger charge is -2.33. The molecule has 0 radical (unpaired) electrons. The molecule has 0 bridgehead atoms. The highest BCUT2D eigenvalue weighted by Crippen LogP contribution is 2.44. The number of carbonyl (C=O) groups excluding carboxylic acids is 1. The van der Waals surface area contributed by atoms with Gasteiger partial charge in [0.2, 0.25) is 11.7 Å². The number of nitrogens with zero attached hydrogens (tertiary/aromatic N) is 2. The van der Waals surface area contributed by atoms with E-state index in [1.54, 1.807) is 18.3 Å². The molecular formula is C21H25F4N3O3S. The third-order valence-electron chi connectivity index (χ3n) is 5.05. The fraction of sp³-hybridized carbons (Fsp3) is 0.429. The second kappa shape index (κ2) is 10.9. The lowest BCUT2D eigenvalue weighted by molar-refractivity contribution is -0.119. The average molecular weight is 476 g/mol. The van der Waals surface area contributed by atoms with Gasteiger partial charge in [0, 0.05) is 25.5 Å².